The van der Waals surface area contributed by atoms with Crippen LogP contribution in [0.4, 0.5) is 0 Å². The fraction of sp³-hybridized carbons (Fsp3) is 0.310. The van der Waals surface area contributed by atoms with E-state index in [2.05, 4.69) is 15.3 Å². The first-order valence-corrected chi connectivity index (χ1v) is 14.0. The molecule has 8 heteroatoms. The van der Waals surface area contributed by atoms with E-state index in [0.717, 1.165) is 43.8 Å². The first-order chi connectivity index (χ1) is 17.8. The van der Waals surface area contributed by atoms with Crippen LogP contribution in [0, 0.1) is 13.8 Å². The van der Waals surface area contributed by atoms with Gasteiger partial charge in [0, 0.05) is 17.4 Å². The third-order valence-corrected chi connectivity index (χ3v) is 7.73. The van der Waals surface area contributed by atoms with Gasteiger partial charge in [-0.3, -0.25) is 9.59 Å². The average molecular weight is 534 g/mol. The van der Waals surface area contributed by atoms with E-state index in [1.807, 2.05) is 69.5 Å². The molecule has 2 aromatic heterocycles. The number of benzene rings is 2. The number of hydrogen-bond donors (Lipinski definition) is 1. The van der Waals surface area contributed by atoms with Crippen molar-refractivity contribution in [3.63, 3.8) is 0 Å². The van der Waals surface area contributed by atoms with E-state index in [4.69, 9.17) is 4.74 Å². The molecule has 0 saturated heterocycles. The Balaban J connectivity index is 1.47. The lowest BCUT2D eigenvalue weighted by Gasteiger charge is -2.16. The van der Waals surface area contributed by atoms with Gasteiger partial charge in [0.1, 0.15) is 16.5 Å². The molecule has 0 aliphatic carbocycles. The Bertz CT molecular complexity index is 1380. The summed E-state index contributed by atoms with van der Waals surface area (Å²) in [4.78, 5) is 36.3. The Kier molecular flexibility index (Phi) is 8.84. The molecule has 2 aromatic carbocycles. The monoisotopic (exact) mass is 533 g/mol. The predicted molar refractivity (Wildman–Crippen MR) is 150 cm³/mol. The van der Waals surface area contributed by atoms with Gasteiger partial charge in [-0.2, -0.15) is 0 Å². The summed E-state index contributed by atoms with van der Waals surface area (Å²) in [5, 5.41) is 6.81. The molecular formula is C29H31N3O3S2. The third-order valence-electron chi connectivity index (χ3n) is 5.79. The van der Waals surface area contributed by atoms with E-state index in [9.17, 15) is 9.59 Å². The summed E-state index contributed by atoms with van der Waals surface area (Å²) in [5.41, 5.74) is 4.09. The largest absolute Gasteiger partial charge is 0.494 e. The highest BCUT2D eigenvalue weighted by Crippen LogP contribution is 2.31. The highest BCUT2D eigenvalue weighted by Gasteiger charge is 2.17. The SMILES string of the molecule is CCCOc1cc(CC(=O)Cc2nc(-c3sc(C)nc3C)cs2)cc(C(=O)N[C@@H](C)c2ccccc2)c1. The van der Waals surface area contributed by atoms with Crippen LogP contribution in [0.15, 0.2) is 53.9 Å². The average Bonchev–Trinajstić information content (AvgIpc) is 3.47. The van der Waals surface area contributed by atoms with Gasteiger partial charge in [0.25, 0.3) is 5.91 Å². The molecule has 37 heavy (non-hydrogen) atoms. The van der Waals surface area contributed by atoms with Crippen molar-refractivity contribution in [1.82, 2.24) is 15.3 Å². The maximum absolute atomic E-state index is 13.1. The number of carbonyl (C=O) groups is 2. The van der Waals surface area contributed by atoms with Gasteiger partial charge in [0.2, 0.25) is 0 Å². The fourth-order valence-electron chi connectivity index (χ4n) is 4.03. The second-order valence-corrected chi connectivity index (χ2v) is 11.1. The number of rotatable bonds is 11. The molecule has 0 spiro atoms. The summed E-state index contributed by atoms with van der Waals surface area (Å²) in [5.74, 6) is 0.429. The van der Waals surface area contributed by atoms with Crippen LogP contribution in [0.1, 0.15) is 63.5 Å². The molecule has 6 nitrogen and oxygen atoms in total. The lowest BCUT2D eigenvalue weighted by atomic mass is 10.0. The number of carbonyl (C=O) groups excluding carboxylic acids is 2. The number of hydrogen-bond acceptors (Lipinski definition) is 7. The van der Waals surface area contributed by atoms with E-state index in [-0.39, 0.29) is 30.6 Å². The summed E-state index contributed by atoms with van der Waals surface area (Å²) in [6, 6.07) is 15.0. The van der Waals surface area contributed by atoms with E-state index >= 15 is 0 Å². The lowest BCUT2D eigenvalue weighted by Crippen LogP contribution is -2.26. The molecule has 4 rings (SSSR count). The number of nitrogens with one attached hydrogen (secondary N) is 1. The topological polar surface area (TPSA) is 81.2 Å². The lowest BCUT2D eigenvalue weighted by molar-refractivity contribution is -0.117. The molecule has 4 aromatic rings. The Morgan fingerprint density at radius 1 is 1.05 bits per heavy atom. The second-order valence-electron chi connectivity index (χ2n) is 8.99. The fourth-order valence-corrected chi connectivity index (χ4v) is 5.79. The molecular weight excluding hydrogens is 502 g/mol. The maximum atomic E-state index is 13.1. The van der Waals surface area contributed by atoms with Gasteiger partial charge >= 0.3 is 0 Å². The number of ether oxygens (including phenoxy) is 1. The molecule has 2 heterocycles. The number of ketones is 1. The molecule has 0 saturated carbocycles. The van der Waals surface area contributed by atoms with Crippen molar-refractivity contribution >= 4 is 34.4 Å². The third kappa shape index (κ3) is 7.11. The molecule has 0 aliphatic rings. The molecule has 0 aliphatic heterocycles. The summed E-state index contributed by atoms with van der Waals surface area (Å²) in [7, 11) is 0. The molecule has 0 unspecified atom stereocenters. The summed E-state index contributed by atoms with van der Waals surface area (Å²) in [6.07, 6.45) is 1.29. The number of Topliss-reactive ketones (excluding diaryl/α,β-unsaturated/α-hetero) is 1. The minimum absolute atomic E-state index is 0.0368. The first-order valence-electron chi connectivity index (χ1n) is 12.4. The van der Waals surface area contributed by atoms with Gasteiger partial charge in [-0.15, -0.1) is 22.7 Å². The highest BCUT2D eigenvalue weighted by atomic mass is 32.1. The van der Waals surface area contributed by atoms with Gasteiger partial charge < -0.3 is 10.1 Å². The van der Waals surface area contributed by atoms with Crippen molar-refractivity contribution in [3.05, 3.63) is 86.3 Å². The van der Waals surface area contributed by atoms with Gasteiger partial charge in [-0.25, -0.2) is 9.97 Å². The van der Waals surface area contributed by atoms with Crippen LogP contribution in [0.25, 0.3) is 10.6 Å². The molecule has 0 radical (unpaired) electrons. The zero-order valence-electron chi connectivity index (χ0n) is 21.5. The Morgan fingerprint density at radius 3 is 2.54 bits per heavy atom. The van der Waals surface area contributed by atoms with Crippen LogP contribution in [0.5, 0.6) is 5.75 Å². The minimum Gasteiger partial charge on any atom is -0.494 e. The van der Waals surface area contributed by atoms with E-state index in [1.165, 1.54) is 11.3 Å². The van der Waals surface area contributed by atoms with Gasteiger partial charge in [-0.05, 0) is 56.5 Å². The van der Waals surface area contributed by atoms with Crippen molar-refractivity contribution in [2.75, 3.05) is 6.61 Å². The maximum Gasteiger partial charge on any atom is 0.251 e. The smallest absolute Gasteiger partial charge is 0.251 e. The standard InChI is InChI=1S/C29H31N3O3S2/c1-5-11-35-25-14-21(12-23(15-25)29(34)31-18(2)22-9-7-6-8-10-22)13-24(33)16-27-32-26(17-36-27)28-19(3)30-20(4)37-28/h6-10,12,14-15,17-18H,5,11,13,16H2,1-4H3,(H,31,34)/t18-/m0/s1. The van der Waals surface area contributed by atoms with Crippen molar-refractivity contribution in [3.8, 4) is 16.3 Å². The normalized spacial score (nSPS) is 11.8. The molecule has 0 fully saturated rings. The Hall–Kier alpha value is -3.36. The van der Waals surface area contributed by atoms with Crippen LogP contribution in [0.3, 0.4) is 0 Å². The van der Waals surface area contributed by atoms with Crippen molar-refractivity contribution in [2.45, 2.75) is 53.0 Å². The molecule has 1 amide bonds. The van der Waals surface area contributed by atoms with Gasteiger partial charge in [0.15, 0.2) is 0 Å². The van der Waals surface area contributed by atoms with E-state index in [1.54, 1.807) is 23.5 Å². The summed E-state index contributed by atoms with van der Waals surface area (Å²) < 4.78 is 5.84. The number of aromatic nitrogens is 2. The molecule has 192 valence electrons. The molecule has 1 atom stereocenters. The van der Waals surface area contributed by atoms with Crippen LogP contribution < -0.4 is 10.1 Å². The van der Waals surface area contributed by atoms with Gasteiger partial charge in [-0.1, -0.05) is 37.3 Å². The van der Waals surface area contributed by atoms with Crippen molar-refractivity contribution in [1.29, 1.82) is 0 Å². The Labute approximate surface area is 225 Å². The zero-order chi connectivity index (χ0) is 26.4. The zero-order valence-corrected chi connectivity index (χ0v) is 23.2. The quantitative estimate of drug-likeness (QED) is 0.237. The van der Waals surface area contributed by atoms with E-state index in [0.29, 0.717) is 17.9 Å². The number of aryl methyl sites for hydroxylation is 2. The number of nitrogens with zero attached hydrogens (tertiary/aromatic N) is 2. The van der Waals surface area contributed by atoms with Crippen LogP contribution >= 0.6 is 22.7 Å². The Morgan fingerprint density at radius 2 is 1.84 bits per heavy atom. The van der Waals surface area contributed by atoms with Crippen LogP contribution in [-0.4, -0.2) is 28.3 Å². The van der Waals surface area contributed by atoms with Crippen molar-refractivity contribution < 1.29 is 14.3 Å². The molecule has 1 N–H and O–H groups in total. The van der Waals surface area contributed by atoms with Gasteiger partial charge in [0.05, 0.1) is 40.3 Å². The number of amides is 1. The first kappa shape index (κ1) is 26.7. The summed E-state index contributed by atoms with van der Waals surface area (Å²) in [6.45, 7) is 8.47. The van der Waals surface area contributed by atoms with Crippen molar-refractivity contribution in [2.24, 2.45) is 0 Å². The molecule has 0 bridgehead atoms. The minimum atomic E-state index is -0.202. The van der Waals surface area contributed by atoms with Crippen LogP contribution in [0.2, 0.25) is 0 Å². The second kappa shape index (κ2) is 12.3. The number of thiazole rings is 2. The van der Waals surface area contributed by atoms with E-state index < -0.39 is 0 Å². The summed E-state index contributed by atoms with van der Waals surface area (Å²) >= 11 is 3.10. The predicted octanol–water partition coefficient (Wildman–Crippen LogP) is 6.52. The van der Waals surface area contributed by atoms with Crippen LogP contribution in [-0.2, 0) is 17.6 Å². The highest BCUT2D eigenvalue weighted by molar-refractivity contribution is 7.16.